The lowest BCUT2D eigenvalue weighted by Crippen LogP contribution is -2.16. The number of anilines is 9. The van der Waals surface area contributed by atoms with Gasteiger partial charge in [0.2, 0.25) is 0 Å². The second kappa shape index (κ2) is 38.0. The number of thiophene rings is 1. The molecule has 0 saturated carbocycles. The summed E-state index contributed by atoms with van der Waals surface area (Å²) in [5.41, 5.74) is 36.6. The molecule has 0 aliphatic heterocycles. The van der Waals surface area contributed by atoms with E-state index in [0.717, 1.165) is 56.1 Å². The molecule has 0 bridgehead atoms. The number of hydrogen-bond acceptors (Lipinski definition) is 5. The summed E-state index contributed by atoms with van der Waals surface area (Å²) < 4.78 is 9.05. The minimum Gasteiger partial charge on any atom is -0.456 e. The summed E-state index contributed by atoms with van der Waals surface area (Å²) in [6, 6.07) is 196. The van der Waals surface area contributed by atoms with E-state index in [-0.39, 0.29) is 5.41 Å². The topological polar surface area (TPSA) is 22.9 Å². The highest BCUT2D eigenvalue weighted by molar-refractivity contribution is 7.25. The molecule has 25 aromatic carbocycles. The molecule has 28 rings (SSSR count). The number of hydrogen-bond donors (Lipinski definition) is 0. The summed E-state index contributed by atoms with van der Waals surface area (Å²) in [6.45, 7) is 9.04. The minimum absolute atomic E-state index is 0.132. The Bertz CT molecular complexity index is 9610. The van der Waals surface area contributed by atoms with Crippen molar-refractivity contribution < 1.29 is 4.42 Å². The third kappa shape index (κ3) is 16.9. The Balaban J connectivity index is 0.000000113. The molecule has 5 heteroatoms. The molecule has 2 heterocycles. The van der Waals surface area contributed by atoms with Crippen LogP contribution < -0.4 is 14.7 Å². The molecule has 148 heavy (non-hydrogen) atoms. The highest BCUT2D eigenvalue weighted by Crippen LogP contribution is 2.54. The van der Waals surface area contributed by atoms with Crippen molar-refractivity contribution in [2.75, 3.05) is 14.7 Å². The molecule has 0 N–H and O–H groups in total. The quantitative estimate of drug-likeness (QED) is 0.0900. The molecule has 2 aromatic heterocycles. The van der Waals surface area contributed by atoms with Gasteiger partial charge in [0.15, 0.2) is 0 Å². The first-order valence-electron chi connectivity index (χ1n) is 51.0. The third-order valence-corrected chi connectivity index (χ3v) is 31.2. The van der Waals surface area contributed by atoms with E-state index in [1.807, 2.05) is 11.3 Å². The van der Waals surface area contributed by atoms with Crippen molar-refractivity contribution in [1.29, 1.82) is 0 Å². The monoisotopic (exact) mass is 1910 g/mol. The van der Waals surface area contributed by atoms with Gasteiger partial charge < -0.3 is 19.1 Å². The Morgan fingerprint density at radius 1 is 0.176 bits per heavy atom. The number of furan rings is 1. The number of para-hydroxylation sites is 1. The van der Waals surface area contributed by atoms with Gasteiger partial charge >= 0.3 is 0 Å². The van der Waals surface area contributed by atoms with Gasteiger partial charge in [-0.1, -0.05) is 401 Å². The standard InChI is InChI=1S/C50H33NO.C50H33NS.C43H35N/c1-3-11-34(12-4-1)35-23-26-41(27-24-35)51(48-18-10-9-17-44(48)36-13-5-2-6-14-36)42-28-30-50-47(33-42)46-32-40(25-29-49(46)52-50)39-22-21-38-20-19-37-15-7-8-16-43(37)45(38)31-39;1-3-9-34(10-4-1)36-19-24-42(25-20-36)51(43-26-21-37(22-27-43)35-11-5-2-6-12-35)44-28-30-50-48(33-44)47-32-41(23-29-49(47)52-50)40-18-17-39-16-15-38-13-7-8-14-45(38)46(39)31-40;1-28-9-18-34(19-10-28)44(35-20-11-29(2)12-21-35)36-22-24-39-38-23-17-33(26-41(38)43(3,4)42(39)27-36)32-16-15-31-14-13-30-7-5-6-8-37(30)40(31)25-32/h2*1-33H;5-27H,1-4H3. The van der Waals surface area contributed by atoms with E-state index < -0.39 is 0 Å². The van der Waals surface area contributed by atoms with Crippen LogP contribution in [-0.4, -0.2) is 0 Å². The Labute approximate surface area is 866 Å². The zero-order valence-electron chi connectivity index (χ0n) is 82.5. The summed E-state index contributed by atoms with van der Waals surface area (Å²) >= 11 is 1.86. The third-order valence-electron chi connectivity index (χ3n) is 30.1. The largest absolute Gasteiger partial charge is 0.456 e. The number of rotatable bonds is 16. The Morgan fingerprint density at radius 3 is 0.912 bits per heavy atom. The van der Waals surface area contributed by atoms with Gasteiger partial charge in [-0.2, -0.15) is 0 Å². The smallest absolute Gasteiger partial charge is 0.135 e. The molecule has 0 spiro atoms. The zero-order valence-corrected chi connectivity index (χ0v) is 83.4. The molecule has 0 fully saturated rings. The summed E-state index contributed by atoms with van der Waals surface area (Å²) in [6.07, 6.45) is 0. The van der Waals surface area contributed by atoms with Crippen LogP contribution in [0.3, 0.4) is 0 Å². The molecule has 700 valence electrons. The van der Waals surface area contributed by atoms with Crippen LogP contribution in [0, 0.1) is 13.8 Å². The Morgan fingerprint density at radius 2 is 0.446 bits per heavy atom. The van der Waals surface area contributed by atoms with Crippen LogP contribution in [0.1, 0.15) is 36.1 Å². The van der Waals surface area contributed by atoms with Gasteiger partial charge in [0.1, 0.15) is 11.2 Å². The minimum atomic E-state index is -0.132. The zero-order chi connectivity index (χ0) is 98.9. The second-order valence-corrected chi connectivity index (χ2v) is 40.7. The van der Waals surface area contributed by atoms with Crippen LogP contribution in [0.5, 0.6) is 0 Å². The van der Waals surface area contributed by atoms with Gasteiger partial charge in [-0.05, 0) is 337 Å². The van der Waals surface area contributed by atoms with Crippen LogP contribution in [-0.2, 0) is 5.41 Å². The fraction of sp³-hybridized carbons (Fsp3) is 0.0350. The number of benzene rings is 25. The molecule has 27 aromatic rings. The molecule has 0 amide bonds. The fourth-order valence-electron chi connectivity index (χ4n) is 22.3. The summed E-state index contributed by atoms with van der Waals surface area (Å²) in [5, 5.41) is 20.1. The predicted octanol–water partition coefficient (Wildman–Crippen LogP) is 41.2. The molecule has 0 radical (unpaired) electrons. The molecular weight excluding hydrogens is 1810 g/mol. The van der Waals surface area contributed by atoms with Crippen molar-refractivity contribution in [3.63, 3.8) is 0 Å². The van der Waals surface area contributed by atoms with E-state index in [0.29, 0.717) is 0 Å². The van der Waals surface area contributed by atoms with Crippen molar-refractivity contribution in [1.82, 2.24) is 0 Å². The summed E-state index contributed by atoms with van der Waals surface area (Å²) in [4.78, 5) is 7.13. The molecule has 1 aliphatic carbocycles. The van der Waals surface area contributed by atoms with Crippen molar-refractivity contribution in [3.8, 4) is 89.0 Å². The fourth-order valence-corrected chi connectivity index (χ4v) is 23.4. The van der Waals surface area contributed by atoms with E-state index in [9.17, 15) is 0 Å². The molecule has 0 unspecified atom stereocenters. The van der Waals surface area contributed by atoms with Crippen LogP contribution in [0.15, 0.2) is 544 Å². The molecule has 1 aliphatic rings. The highest BCUT2D eigenvalue weighted by Gasteiger charge is 2.37. The molecule has 4 nitrogen and oxygen atoms in total. The maximum absolute atomic E-state index is 6.46. The van der Waals surface area contributed by atoms with Crippen LogP contribution in [0.2, 0.25) is 0 Å². The van der Waals surface area contributed by atoms with E-state index in [1.165, 1.54) is 213 Å². The Kier molecular flexibility index (Phi) is 23.0. The summed E-state index contributed by atoms with van der Waals surface area (Å²) in [7, 11) is 0. The normalized spacial score (nSPS) is 12.0. The molecule has 0 atom stereocenters. The van der Waals surface area contributed by atoms with Gasteiger partial charge in [0.25, 0.3) is 0 Å². The average Bonchev–Trinajstić information content (AvgIpc) is 1.57. The number of fused-ring (bicyclic) bond motifs is 18. The van der Waals surface area contributed by atoms with Crippen molar-refractivity contribution in [3.05, 3.63) is 562 Å². The van der Waals surface area contributed by atoms with Crippen molar-refractivity contribution in [2.24, 2.45) is 0 Å². The predicted molar refractivity (Wildman–Crippen MR) is 634 cm³/mol. The van der Waals surface area contributed by atoms with Crippen LogP contribution in [0.25, 0.3) is 196 Å². The molecule has 0 saturated heterocycles. The number of aryl methyl sites for hydroxylation is 2. The first-order chi connectivity index (χ1) is 72.9. The Hall–Kier alpha value is -18.5. The van der Waals surface area contributed by atoms with E-state index in [2.05, 4.69) is 582 Å². The molecular formula is C143H101N3OS. The van der Waals surface area contributed by atoms with Gasteiger partial charge in [-0.25, -0.2) is 0 Å². The van der Waals surface area contributed by atoms with Gasteiger partial charge in [-0.15, -0.1) is 11.3 Å². The lowest BCUT2D eigenvalue weighted by atomic mass is 9.81. The lowest BCUT2D eigenvalue weighted by Gasteiger charge is -2.28. The summed E-state index contributed by atoms with van der Waals surface area (Å²) in [5.74, 6) is 0. The SMILES string of the molecule is Cc1ccc(N(c2ccc(C)cc2)c2ccc3c(c2)C(C)(C)c2cc(-c4ccc5ccc6ccccc6c5c4)ccc2-3)cc1.c1ccc(-c2ccc(N(c3ccc(-c4ccccc4)cc3)c3ccc4sc5ccc(-c6ccc7ccc8ccccc8c7c6)cc5c4c3)cc2)cc1.c1ccc(-c2ccc(N(c3ccc4oc5ccc(-c6ccc7ccc8ccccc8c7c6)cc5c4c3)c3ccccc3-c3ccccc3)cc2)cc1. The maximum Gasteiger partial charge on any atom is 0.135 e. The number of nitrogens with zero attached hydrogens (tertiary/aromatic N) is 3. The maximum atomic E-state index is 6.46. The lowest BCUT2D eigenvalue weighted by molar-refractivity contribution is 0.660. The average molecular weight is 1910 g/mol. The highest BCUT2D eigenvalue weighted by atomic mass is 32.1. The van der Waals surface area contributed by atoms with E-state index in [1.54, 1.807) is 0 Å². The van der Waals surface area contributed by atoms with Crippen LogP contribution in [0.4, 0.5) is 51.2 Å². The van der Waals surface area contributed by atoms with Crippen LogP contribution >= 0.6 is 11.3 Å². The van der Waals surface area contributed by atoms with Gasteiger partial charge in [-0.3, -0.25) is 0 Å². The van der Waals surface area contributed by atoms with E-state index in [4.69, 9.17) is 4.42 Å². The van der Waals surface area contributed by atoms with Gasteiger partial charge in [0.05, 0.1) is 5.69 Å². The van der Waals surface area contributed by atoms with Crippen molar-refractivity contribution >= 4 is 169 Å². The first-order valence-corrected chi connectivity index (χ1v) is 51.8. The second-order valence-electron chi connectivity index (χ2n) is 39.6. The van der Waals surface area contributed by atoms with E-state index >= 15 is 0 Å². The first kappa shape index (κ1) is 89.6. The van der Waals surface area contributed by atoms with Crippen molar-refractivity contribution in [2.45, 2.75) is 33.1 Å². The van der Waals surface area contributed by atoms with Gasteiger partial charge in [0, 0.05) is 87.4 Å².